The zero-order valence-corrected chi connectivity index (χ0v) is 27.2. The van der Waals surface area contributed by atoms with Gasteiger partial charge in [0.1, 0.15) is 17.5 Å². The van der Waals surface area contributed by atoms with Crippen LogP contribution in [0.2, 0.25) is 5.02 Å². The molecule has 3 fully saturated rings. The fourth-order valence-corrected chi connectivity index (χ4v) is 6.77. The van der Waals surface area contributed by atoms with E-state index in [1.165, 1.54) is 6.07 Å². The van der Waals surface area contributed by atoms with E-state index in [1.807, 2.05) is 25.7 Å². The molecule has 43 heavy (non-hydrogen) atoms. The van der Waals surface area contributed by atoms with Crippen LogP contribution in [0.3, 0.4) is 0 Å². The Balaban J connectivity index is 1.47. The molecule has 4 rings (SSSR count). The molecule has 3 amide bonds. The standard InChI is InChI=1S/C32H48ClFN4O5/c1-20(2)15-28(35-31(41)43-32(4,5)6)30(40)36-11-12-38(21(3)17-36)29(39)26-19-37(23-9-13-42-14-10-23)18-25(26)24-8-7-22(33)16-27(24)34/h7-8,16,20-21,23,25-26,28H,9-15,17-19H2,1-6H3,(H,35,41)/t21-,25-,26+,28-/m0/s1. The number of halogens is 2. The van der Waals surface area contributed by atoms with Gasteiger partial charge < -0.3 is 24.6 Å². The van der Waals surface area contributed by atoms with E-state index < -0.39 is 23.7 Å². The third-order valence-corrected chi connectivity index (χ3v) is 8.89. The summed E-state index contributed by atoms with van der Waals surface area (Å²) in [5.74, 6) is -1.11. The first-order valence-electron chi connectivity index (χ1n) is 15.6. The van der Waals surface area contributed by atoms with E-state index in [2.05, 4.69) is 10.2 Å². The van der Waals surface area contributed by atoms with Crippen LogP contribution in [0.15, 0.2) is 18.2 Å². The molecule has 3 saturated heterocycles. The first-order valence-corrected chi connectivity index (χ1v) is 16.0. The lowest BCUT2D eigenvalue weighted by Gasteiger charge is -2.42. The first-order chi connectivity index (χ1) is 20.2. The van der Waals surface area contributed by atoms with Crippen molar-refractivity contribution in [3.8, 4) is 0 Å². The first kappa shape index (κ1) is 33.5. The molecule has 0 aliphatic carbocycles. The Bertz CT molecular complexity index is 1160. The smallest absolute Gasteiger partial charge is 0.408 e. The largest absolute Gasteiger partial charge is 0.444 e. The third kappa shape index (κ3) is 8.60. The van der Waals surface area contributed by atoms with Crippen LogP contribution in [0.5, 0.6) is 0 Å². The molecule has 0 bridgehead atoms. The topological polar surface area (TPSA) is 91.4 Å². The van der Waals surface area contributed by atoms with Crippen molar-refractivity contribution < 1.29 is 28.2 Å². The molecule has 240 valence electrons. The highest BCUT2D eigenvalue weighted by molar-refractivity contribution is 6.30. The zero-order chi connectivity index (χ0) is 31.5. The number of amides is 3. The average molecular weight is 623 g/mol. The van der Waals surface area contributed by atoms with Gasteiger partial charge in [0.25, 0.3) is 0 Å². The quantitative estimate of drug-likeness (QED) is 0.475. The summed E-state index contributed by atoms with van der Waals surface area (Å²) in [7, 11) is 0. The minimum absolute atomic E-state index is 0.0147. The van der Waals surface area contributed by atoms with Crippen LogP contribution in [0.1, 0.15) is 72.3 Å². The minimum atomic E-state index is -0.718. The van der Waals surface area contributed by atoms with Crippen molar-refractivity contribution in [1.29, 1.82) is 0 Å². The molecular formula is C32H48ClFN4O5. The molecule has 1 aromatic rings. The fraction of sp³-hybridized carbons (Fsp3) is 0.719. The Labute approximate surface area is 260 Å². The van der Waals surface area contributed by atoms with Gasteiger partial charge in [-0.25, -0.2) is 9.18 Å². The van der Waals surface area contributed by atoms with Crippen LogP contribution in [-0.4, -0.2) is 102 Å². The van der Waals surface area contributed by atoms with Crippen LogP contribution in [0.4, 0.5) is 9.18 Å². The molecular weight excluding hydrogens is 575 g/mol. The molecule has 3 aliphatic rings. The molecule has 0 radical (unpaired) electrons. The summed E-state index contributed by atoms with van der Waals surface area (Å²) >= 11 is 6.06. The van der Waals surface area contributed by atoms with Crippen LogP contribution in [0, 0.1) is 17.7 Å². The van der Waals surface area contributed by atoms with Gasteiger partial charge in [-0.1, -0.05) is 31.5 Å². The van der Waals surface area contributed by atoms with Crippen molar-refractivity contribution in [3.63, 3.8) is 0 Å². The fourth-order valence-electron chi connectivity index (χ4n) is 6.61. The monoisotopic (exact) mass is 622 g/mol. The van der Waals surface area contributed by atoms with Gasteiger partial charge in [-0.2, -0.15) is 0 Å². The van der Waals surface area contributed by atoms with E-state index in [1.54, 1.807) is 37.8 Å². The summed E-state index contributed by atoms with van der Waals surface area (Å²) in [5.41, 5.74) is -0.160. The van der Waals surface area contributed by atoms with Gasteiger partial charge in [0.2, 0.25) is 11.8 Å². The normalized spacial score (nSPS) is 24.7. The molecule has 3 aliphatic heterocycles. The van der Waals surface area contributed by atoms with Crippen molar-refractivity contribution in [2.45, 2.75) is 90.4 Å². The lowest BCUT2D eigenvalue weighted by molar-refractivity contribution is -0.146. The average Bonchev–Trinajstić information content (AvgIpc) is 3.36. The summed E-state index contributed by atoms with van der Waals surface area (Å²) in [6, 6.07) is 4.06. The van der Waals surface area contributed by atoms with Gasteiger partial charge in [-0.05, 0) is 70.6 Å². The number of nitrogens with zero attached hydrogens (tertiary/aromatic N) is 3. The highest BCUT2D eigenvalue weighted by Gasteiger charge is 2.45. The van der Waals surface area contributed by atoms with E-state index in [-0.39, 0.29) is 35.5 Å². The molecule has 4 atom stereocenters. The number of alkyl carbamates (subject to hydrolysis) is 1. The number of nitrogens with one attached hydrogen (secondary N) is 1. The second kappa shape index (κ2) is 14.1. The van der Waals surface area contributed by atoms with E-state index in [0.29, 0.717) is 69.0 Å². The number of piperazine rings is 1. The number of hydrogen-bond acceptors (Lipinski definition) is 6. The van der Waals surface area contributed by atoms with E-state index >= 15 is 4.39 Å². The van der Waals surface area contributed by atoms with Crippen LogP contribution in [0.25, 0.3) is 0 Å². The SMILES string of the molecule is CC(C)C[C@H](NC(=O)OC(C)(C)C)C(=O)N1CCN(C(=O)[C@@H]2CN(C3CCOCC3)C[C@H]2c2ccc(Cl)cc2F)[C@@H](C)C1. The summed E-state index contributed by atoms with van der Waals surface area (Å²) in [5, 5.41) is 3.10. The highest BCUT2D eigenvalue weighted by atomic mass is 35.5. The van der Waals surface area contributed by atoms with E-state index in [9.17, 15) is 14.4 Å². The minimum Gasteiger partial charge on any atom is -0.444 e. The van der Waals surface area contributed by atoms with E-state index in [4.69, 9.17) is 21.1 Å². The number of carbonyl (C=O) groups is 3. The second-order valence-corrected chi connectivity index (χ2v) is 14.1. The van der Waals surface area contributed by atoms with Crippen molar-refractivity contribution in [1.82, 2.24) is 20.0 Å². The zero-order valence-electron chi connectivity index (χ0n) is 26.4. The maximum atomic E-state index is 15.2. The Morgan fingerprint density at radius 2 is 1.81 bits per heavy atom. The van der Waals surface area contributed by atoms with Gasteiger partial charge >= 0.3 is 6.09 Å². The van der Waals surface area contributed by atoms with Gasteiger partial charge in [0.15, 0.2) is 0 Å². The predicted octanol–water partition coefficient (Wildman–Crippen LogP) is 4.67. The molecule has 0 aromatic heterocycles. The lowest BCUT2D eigenvalue weighted by atomic mass is 9.87. The highest BCUT2D eigenvalue weighted by Crippen LogP contribution is 2.38. The van der Waals surface area contributed by atoms with Crippen LogP contribution in [-0.2, 0) is 19.1 Å². The van der Waals surface area contributed by atoms with Crippen molar-refractivity contribution >= 4 is 29.5 Å². The molecule has 0 saturated carbocycles. The van der Waals surface area contributed by atoms with Crippen molar-refractivity contribution in [3.05, 3.63) is 34.6 Å². The Kier molecular flexibility index (Phi) is 11.0. The number of rotatable bonds is 7. The summed E-state index contributed by atoms with van der Waals surface area (Å²) in [6.07, 6.45) is 1.64. The van der Waals surface area contributed by atoms with E-state index in [0.717, 1.165) is 12.8 Å². The predicted molar refractivity (Wildman–Crippen MR) is 163 cm³/mol. The molecule has 0 unspecified atom stereocenters. The van der Waals surface area contributed by atoms with Gasteiger partial charge in [0, 0.05) is 69.0 Å². The van der Waals surface area contributed by atoms with Gasteiger partial charge in [-0.15, -0.1) is 0 Å². The van der Waals surface area contributed by atoms with Gasteiger partial charge in [-0.3, -0.25) is 14.5 Å². The molecule has 11 heteroatoms. The Morgan fingerprint density at radius 3 is 2.42 bits per heavy atom. The molecule has 3 heterocycles. The number of benzene rings is 1. The number of hydrogen-bond donors (Lipinski definition) is 1. The Morgan fingerprint density at radius 1 is 1.12 bits per heavy atom. The maximum absolute atomic E-state index is 15.2. The lowest BCUT2D eigenvalue weighted by Crippen LogP contribution is -2.60. The molecule has 1 N–H and O–H groups in total. The van der Waals surface area contributed by atoms with Crippen LogP contribution >= 0.6 is 11.6 Å². The number of ether oxygens (including phenoxy) is 2. The summed E-state index contributed by atoms with van der Waals surface area (Å²) in [4.78, 5) is 46.2. The van der Waals surface area contributed by atoms with Gasteiger partial charge in [0.05, 0.1) is 5.92 Å². The van der Waals surface area contributed by atoms with Crippen molar-refractivity contribution in [2.75, 3.05) is 45.9 Å². The number of likely N-dealkylation sites (tertiary alicyclic amines) is 1. The molecule has 0 spiro atoms. The van der Waals surface area contributed by atoms with Crippen LogP contribution < -0.4 is 5.32 Å². The van der Waals surface area contributed by atoms with Crippen molar-refractivity contribution in [2.24, 2.45) is 11.8 Å². The number of carbonyl (C=O) groups excluding carboxylic acids is 3. The maximum Gasteiger partial charge on any atom is 0.408 e. The molecule has 1 aromatic carbocycles. The second-order valence-electron chi connectivity index (χ2n) is 13.7. The molecule has 9 nitrogen and oxygen atoms in total. The Hall–Kier alpha value is -2.43. The third-order valence-electron chi connectivity index (χ3n) is 8.65. The summed E-state index contributed by atoms with van der Waals surface area (Å²) in [6.45, 7) is 14.9. The summed E-state index contributed by atoms with van der Waals surface area (Å²) < 4.78 is 26.2.